The molecule has 2 saturated heterocycles. The highest BCUT2D eigenvalue weighted by Gasteiger charge is 2.34. The van der Waals surface area contributed by atoms with E-state index >= 15 is 0 Å². The minimum absolute atomic E-state index is 0. The van der Waals surface area contributed by atoms with Gasteiger partial charge in [-0.1, -0.05) is 24.3 Å². The lowest BCUT2D eigenvalue weighted by Gasteiger charge is -2.17. The average Bonchev–Trinajstić information content (AvgIpc) is 3.23. The summed E-state index contributed by atoms with van der Waals surface area (Å²) in [6.07, 6.45) is 6.86. The second kappa shape index (κ2) is 11.5. The van der Waals surface area contributed by atoms with Gasteiger partial charge >= 0.3 is 0 Å². The molecular weight excluding hydrogens is 473 g/mol. The van der Waals surface area contributed by atoms with Crippen LogP contribution in [0.2, 0.25) is 0 Å². The summed E-state index contributed by atoms with van der Waals surface area (Å²) >= 11 is 0. The third-order valence-electron chi connectivity index (χ3n) is 6.33. The summed E-state index contributed by atoms with van der Waals surface area (Å²) in [6, 6.07) is 9.93. The maximum absolute atomic E-state index is 4.81. The van der Waals surface area contributed by atoms with Crippen molar-refractivity contribution in [1.29, 1.82) is 0 Å². The molecule has 1 atom stereocenters. The molecule has 2 aliphatic heterocycles. The van der Waals surface area contributed by atoms with Gasteiger partial charge in [-0.05, 0) is 75.7 Å². The monoisotopic (exact) mass is 511 g/mol. The van der Waals surface area contributed by atoms with Crippen LogP contribution < -0.4 is 10.6 Å². The Labute approximate surface area is 193 Å². The molecule has 2 heterocycles. The lowest BCUT2D eigenvalue weighted by molar-refractivity contribution is 0.314. The fraction of sp³-hybridized carbons (Fsp3) is 0.696. The van der Waals surface area contributed by atoms with Crippen LogP contribution in [0.25, 0.3) is 0 Å². The predicted molar refractivity (Wildman–Crippen MR) is 132 cm³/mol. The van der Waals surface area contributed by atoms with Crippen molar-refractivity contribution in [1.82, 2.24) is 20.4 Å². The minimum Gasteiger partial charge on any atom is -0.357 e. The first kappa shape index (κ1) is 22.8. The van der Waals surface area contributed by atoms with Crippen LogP contribution in [0.3, 0.4) is 0 Å². The normalized spacial score (nSPS) is 23.2. The van der Waals surface area contributed by atoms with Crippen molar-refractivity contribution in [2.75, 3.05) is 39.3 Å². The van der Waals surface area contributed by atoms with E-state index in [0.29, 0.717) is 0 Å². The molecule has 1 aromatic rings. The molecule has 3 fully saturated rings. The summed E-state index contributed by atoms with van der Waals surface area (Å²) in [5.74, 6) is 1.71. The van der Waals surface area contributed by atoms with E-state index in [1.807, 2.05) is 0 Å². The highest BCUT2D eigenvalue weighted by molar-refractivity contribution is 14.0. The summed E-state index contributed by atoms with van der Waals surface area (Å²) in [7, 11) is 0. The summed E-state index contributed by atoms with van der Waals surface area (Å²) in [6.45, 7) is 10.9. The lowest BCUT2D eigenvalue weighted by atomic mass is 10.1. The molecule has 0 bridgehead atoms. The summed E-state index contributed by atoms with van der Waals surface area (Å²) in [5.41, 5.74) is 2.70. The SMILES string of the molecule is CCNC(=NCc1ccc(CN2CCCC2)cc1)NCC1CCN(C2CC2)C1.I. The number of hydrogen-bond acceptors (Lipinski definition) is 3. The average molecular weight is 511 g/mol. The molecule has 6 heteroatoms. The topological polar surface area (TPSA) is 42.9 Å². The van der Waals surface area contributed by atoms with E-state index in [4.69, 9.17) is 4.99 Å². The van der Waals surface area contributed by atoms with Crippen molar-refractivity contribution in [2.24, 2.45) is 10.9 Å². The largest absolute Gasteiger partial charge is 0.357 e. The molecule has 2 N–H and O–H groups in total. The molecule has 1 saturated carbocycles. The van der Waals surface area contributed by atoms with E-state index in [2.05, 4.69) is 51.6 Å². The van der Waals surface area contributed by atoms with Gasteiger partial charge in [0, 0.05) is 32.2 Å². The van der Waals surface area contributed by atoms with Crippen LogP contribution in [0.15, 0.2) is 29.3 Å². The Hall–Kier alpha value is -0.860. The van der Waals surface area contributed by atoms with Crippen LogP contribution in [0, 0.1) is 5.92 Å². The van der Waals surface area contributed by atoms with Crippen molar-refractivity contribution in [2.45, 2.75) is 58.2 Å². The Kier molecular flexibility index (Phi) is 9.06. The predicted octanol–water partition coefficient (Wildman–Crippen LogP) is 3.44. The zero-order valence-corrected chi connectivity index (χ0v) is 20.2. The first-order chi connectivity index (χ1) is 13.8. The molecule has 1 aliphatic carbocycles. The number of guanidine groups is 1. The van der Waals surface area contributed by atoms with Crippen molar-refractivity contribution >= 4 is 29.9 Å². The van der Waals surface area contributed by atoms with Gasteiger partial charge in [0.1, 0.15) is 0 Å². The third kappa shape index (κ3) is 7.10. The first-order valence-electron chi connectivity index (χ1n) is 11.4. The number of nitrogens with one attached hydrogen (secondary N) is 2. The Morgan fingerprint density at radius 2 is 1.72 bits per heavy atom. The second-order valence-corrected chi connectivity index (χ2v) is 8.76. The number of nitrogens with zero attached hydrogens (tertiary/aromatic N) is 3. The van der Waals surface area contributed by atoms with Gasteiger partial charge < -0.3 is 15.5 Å². The molecule has 3 aliphatic rings. The summed E-state index contributed by atoms with van der Waals surface area (Å²) in [4.78, 5) is 10.0. The van der Waals surface area contributed by atoms with Crippen LogP contribution >= 0.6 is 24.0 Å². The Bertz CT molecular complexity index is 637. The van der Waals surface area contributed by atoms with Crippen LogP contribution in [-0.4, -0.2) is 61.1 Å². The highest BCUT2D eigenvalue weighted by Crippen LogP contribution is 2.31. The van der Waals surface area contributed by atoms with Crippen LogP contribution in [0.5, 0.6) is 0 Å². The number of likely N-dealkylation sites (tertiary alicyclic amines) is 2. The van der Waals surface area contributed by atoms with Gasteiger partial charge in [-0.15, -0.1) is 24.0 Å². The lowest BCUT2D eigenvalue weighted by Crippen LogP contribution is -2.40. The third-order valence-corrected chi connectivity index (χ3v) is 6.33. The second-order valence-electron chi connectivity index (χ2n) is 8.76. The Balaban J connectivity index is 0.00000240. The van der Waals surface area contributed by atoms with E-state index in [-0.39, 0.29) is 24.0 Å². The van der Waals surface area contributed by atoms with Crippen molar-refractivity contribution < 1.29 is 0 Å². The van der Waals surface area contributed by atoms with E-state index in [1.165, 1.54) is 69.4 Å². The van der Waals surface area contributed by atoms with E-state index in [1.54, 1.807) is 0 Å². The fourth-order valence-corrected chi connectivity index (χ4v) is 4.50. The van der Waals surface area contributed by atoms with E-state index in [0.717, 1.165) is 44.1 Å². The molecule has 0 aromatic heterocycles. The van der Waals surface area contributed by atoms with Gasteiger partial charge in [-0.25, -0.2) is 4.99 Å². The molecule has 0 spiro atoms. The molecule has 29 heavy (non-hydrogen) atoms. The number of aliphatic imine (C=N–C) groups is 1. The molecule has 162 valence electrons. The van der Waals surface area contributed by atoms with E-state index in [9.17, 15) is 0 Å². The van der Waals surface area contributed by atoms with Gasteiger partial charge in [0.15, 0.2) is 5.96 Å². The standard InChI is InChI=1S/C23H37N5.HI/c1-2-24-23(26-16-21-11-14-28(18-21)22-9-10-22)25-15-19-5-7-20(8-6-19)17-27-12-3-4-13-27;/h5-8,21-22H,2-4,9-18H2,1H3,(H2,24,25,26);1H. The smallest absolute Gasteiger partial charge is 0.191 e. The van der Waals surface area contributed by atoms with Crippen molar-refractivity contribution in [3.8, 4) is 0 Å². The molecule has 0 radical (unpaired) electrons. The highest BCUT2D eigenvalue weighted by atomic mass is 127. The molecule has 4 rings (SSSR count). The van der Waals surface area contributed by atoms with Gasteiger partial charge in [-0.3, -0.25) is 4.90 Å². The van der Waals surface area contributed by atoms with Crippen molar-refractivity contribution in [3.63, 3.8) is 0 Å². The van der Waals surface area contributed by atoms with Crippen LogP contribution in [0.1, 0.15) is 50.2 Å². The number of benzene rings is 1. The zero-order valence-electron chi connectivity index (χ0n) is 17.9. The van der Waals surface area contributed by atoms with E-state index < -0.39 is 0 Å². The molecule has 1 unspecified atom stereocenters. The summed E-state index contributed by atoms with van der Waals surface area (Å²) < 4.78 is 0. The zero-order chi connectivity index (χ0) is 19.2. The molecule has 1 aromatic carbocycles. The Morgan fingerprint density at radius 1 is 1.00 bits per heavy atom. The maximum Gasteiger partial charge on any atom is 0.191 e. The van der Waals surface area contributed by atoms with Gasteiger partial charge in [0.2, 0.25) is 0 Å². The fourth-order valence-electron chi connectivity index (χ4n) is 4.50. The van der Waals surface area contributed by atoms with Gasteiger partial charge in [-0.2, -0.15) is 0 Å². The van der Waals surface area contributed by atoms with Crippen LogP contribution in [0.4, 0.5) is 0 Å². The van der Waals surface area contributed by atoms with Gasteiger partial charge in [0.05, 0.1) is 6.54 Å². The molecular formula is C23H38IN5. The molecule has 5 nitrogen and oxygen atoms in total. The maximum atomic E-state index is 4.81. The quantitative estimate of drug-likeness (QED) is 0.319. The number of rotatable bonds is 8. The number of halogens is 1. The first-order valence-corrected chi connectivity index (χ1v) is 11.4. The van der Waals surface area contributed by atoms with Crippen molar-refractivity contribution in [3.05, 3.63) is 35.4 Å². The van der Waals surface area contributed by atoms with Gasteiger partial charge in [0.25, 0.3) is 0 Å². The Morgan fingerprint density at radius 3 is 2.41 bits per heavy atom. The minimum atomic E-state index is 0. The van der Waals surface area contributed by atoms with Crippen LogP contribution in [-0.2, 0) is 13.1 Å². The number of hydrogen-bond donors (Lipinski definition) is 2. The summed E-state index contributed by atoms with van der Waals surface area (Å²) in [5, 5.41) is 6.98. The molecule has 0 amide bonds.